The lowest BCUT2D eigenvalue weighted by Crippen LogP contribution is -2.19. The average molecular weight is 415 g/mol. The Morgan fingerprint density at radius 3 is 2.44 bits per heavy atom. The fourth-order valence-corrected chi connectivity index (χ4v) is 3.30. The van der Waals surface area contributed by atoms with Crippen molar-refractivity contribution >= 4 is 47.8 Å². The van der Waals surface area contributed by atoms with Crippen molar-refractivity contribution in [2.24, 2.45) is 11.8 Å². The van der Waals surface area contributed by atoms with E-state index in [1.165, 1.54) is 0 Å². The summed E-state index contributed by atoms with van der Waals surface area (Å²) in [7, 11) is 0. The summed E-state index contributed by atoms with van der Waals surface area (Å²) >= 11 is 10.4. The van der Waals surface area contributed by atoms with Crippen LogP contribution in [0.3, 0.4) is 0 Å². The third-order valence-corrected chi connectivity index (χ3v) is 4.43. The molecule has 1 aromatic carbocycles. The molecule has 4 heteroatoms. The first-order valence-corrected chi connectivity index (χ1v) is 7.89. The second-order valence-electron chi connectivity index (χ2n) is 4.04. The third-order valence-electron chi connectivity index (χ3n) is 2.49. The first-order valence-electron chi connectivity index (χ1n) is 5.18. The Morgan fingerprint density at radius 2 is 1.94 bits per heavy atom. The minimum Gasteiger partial charge on any atom is -0.492 e. The predicted molar refractivity (Wildman–Crippen MR) is 79.5 cm³/mol. The number of hydrogen-bond donors (Lipinski definition) is 0. The van der Waals surface area contributed by atoms with Gasteiger partial charge in [0.05, 0.1) is 11.1 Å². The molecule has 1 rings (SSSR count). The van der Waals surface area contributed by atoms with Crippen molar-refractivity contribution in [3.63, 3.8) is 0 Å². The van der Waals surface area contributed by atoms with Crippen LogP contribution in [0.4, 0.5) is 0 Å². The quantitative estimate of drug-likeness (QED) is 0.597. The number of rotatable bonds is 5. The van der Waals surface area contributed by atoms with Crippen molar-refractivity contribution in [3.8, 4) is 5.75 Å². The SMILES string of the molecule is CC(C)C(CBr)COc1ccc(Br)cc1Br. The topological polar surface area (TPSA) is 9.23 Å². The Bertz CT molecular complexity index is 339. The van der Waals surface area contributed by atoms with E-state index in [1.54, 1.807) is 0 Å². The van der Waals surface area contributed by atoms with E-state index in [0.717, 1.165) is 26.6 Å². The van der Waals surface area contributed by atoms with Crippen molar-refractivity contribution in [1.29, 1.82) is 0 Å². The molecule has 0 aliphatic heterocycles. The zero-order valence-electron chi connectivity index (χ0n) is 9.34. The first-order chi connectivity index (χ1) is 7.54. The van der Waals surface area contributed by atoms with E-state index >= 15 is 0 Å². The van der Waals surface area contributed by atoms with E-state index in [4.69, 9.17) is 4.74 Å². The zero-order valence-corrected chi connectivity index (χ0v) is 14.1. The van der Waals surface area contributed by atoms with Crippen LogP contribution in [0.2, 0.25) is 0 Å². The van der Waals surface area contributed by atoms with E-state index in [9.17, 15) is 0 Å². The van der Waals surface area contributed by atoms with Gasteiger partial charge in [-0.3, -0.25) is 0 Å². The van der Waals surface area contributed by atoms with Crippen LogP contribution in [0.1, 0.15) is 13.8 Å². The zero-order chi connectivity index (χ0) is 12.1. The molecule has 0 saturated heterocycles. The van der Waals surface area contributed by atoms with Crippen LogP contribution in [-0.4, -0.2) is 11.9 Å². The summed E-state index contributed by atoms with van der Waals surface area (Å²) in [6, 6.07) is 5.95. The van der Waals surface area contributed by atoms with Crippen LogP contribution < -0.4 is 4.74 Å². The summed E-state index contributed by atoms with van der Waals surface area (Å²) in [6.07, 6.45) is 0. The molecule has 0 heterocycles. The predicted octanol–water partition coefficient (Wildman–Crippen LogP) is 5.26. The molecule has 0 bridgehead atoms. The lowest BCUT2D eigenvalue weighted by atomic mass is 9.99. The van der Waals surface area contributed by atoms with E-state index < -0.39 is 0 Å². The van der Waals surface area contributed by atoms with Gasteiger partial charge in [0.25, 0.3) is 0 Å². The number of halogens is 3. The minimum atomic E-state index is 0.538. The van der Waals surface area contributed by atoms with Crippen molar-refractivity contribution in [3.05, 3.63) is 27.1 Å². The highest BCUT2D eigenvalue weighted by molar-refractivity contribution is 9.11. The first kappa shape index (κ1) is 14.5. The maximum atomic E-state index is 5.81. The molecular weight excluding hydrogens is 400 g/mol. The minimum absolute atomic E-state index is 0.538. The third kappa shape index (κ3) is 4.38. The summed E-state index contributed by atoms with van der Waals surface area (Å²) in [4.78, 5) is 0. The van der Waals surface area contributed by atoms with E-state index in [0.29, 0.717) is 11.8 Å². The van der Waals surface area contributed by atoms with Crippen LogP contribution >= 0.6 is 47.8 Å². The molecule has 1 unspecified atom stereocenters. The van der Waals surface area contributed by atoms with Gasteiger partial charge < -0.3 is 4.74 Å². The standard InChI is InChI=1S/C12H15Br3O/c1-8(2)9(6-13)7-16-12-4-3-10(14)5-11(12)15/h3-5,8-9H,6-7H2,1-2H3. The van der Waals surface area contributed by atoms with E-state index in [1.807, 2.05) is 18.2 Å². The Labute approximate surface area is 122 Å². The van der Waals surface area contributed by atoms with Gasteiger partial charge in [-0.1, -0.05) is 45.7 Å². The number of hydrogen-bond acceptors (Lipinski definition) is 1. The van der Waals surface area contributed by atoms with Crippen molar-refractivity contribution in [2.75, 3.05) is 11.9 Å². The van der Waals surface area contributed by atoms with Crippen molar-refractivity contribution in [2.45, 2.75) is 13.8 Å². The summed E-state index contributed by atoms with van der Waals surface area (Å²) in [6.45, 7) is 5.17. The molecule has 0 amide bonds. The Balaban J connectivity index is 2.60. The fraction of sp³-hybridized carbons (Fsp3) is 0.500. The monoisotopic (exact) mass is 412 g/mol. The molecular formula is C12H15Br3O. The highest BCUT2D eigenvalue weighted by Crippen LogP contribution is 2.29. The molecule has 0 radical (unpaired) electrons. The molecule has 90 valence electrons. The number of alkyl halides is 1. The largest absolute Gasteiger partial charge is 0.492 e. The Hall–Kier alpha value is 0.460. The number of benzene rings is 1. The van der Waals surface area contributed by atoms with Gasteiger partial charge in [-0.15, -0.1) is 0 Å². The lowest BCUT2D eigenvalue weighted by Gasteiger charge is -2.19. The summed E-state index contributed by atoms with van der Waals surface area (Å²) in [5, 5.41) is 0.971. The molecule has 1 nitrogen and oxygen atoms in total. The summed E-state index contributed by atoms with van der Waals surface area (Å²) < 4.78 is 7.84. The van der Waals surface area contributed by atoms with Crippen LogP contribution in [0.5, 0.6) is 5.75 Å². The molecule has 0 aliphatic rings. The second-order valence-corrected chi connectivity index (χ2v) is 6.46. The maximum Gasteiger partial charge on any atom is 0.133 e. The Morgan fingerprint density at radius 1 is 1.25 bits per heavy atom. The Kier molecular flexibility index (Phi) is 6.37. The maximum absolute atomic E-state index is 5.81. The van der Waals surface area contributed by atoms with Crippen LogP contribution in [0.15, 0.2) is 27.1 Å². The molecule has 0 N–H and O–H groups in total. The summed E-state index contributed by atoms with van der Waals surface area (Å²) in [5.41, 5.74) is 0. The van der Waals surface area contributed by atoms with Gasteiger partial charge in [-0.2, -0.15) is 0 Å². The van der Waals surface area contributed by atoms with Gasteiger partial charge >= 0.3 is 0 Å². The normalized spacial score (nSPS) is 12.9. The fourth-order valence-electron chi connectivity index (χ4n) is 1.20. The van der Waals surface area contributed by atoms with Crippen LogP contribution in [-0.2, 0) is 0 Å². The van der Waals surface area contributed by atoms with Gasteiger partial charge in [-0.05, 0) is 40.0 Å². The van der Waals surface area contributed by atoms with Gasteiger partial charge in [0.15, 0.2) is 0 Å². The van der Waals surface area contributed by atoms with Crippen LogP contribution in [0, 0.1) is 11.8 Å². The molecule has 0 spiro atoms. The second kappa shape index (κ2) is 7.02. The van der Waals surface area contributed by atoms with Gasteiger partial charge in [0.2, 0.25) is 0 Å². The lowest BCUT2D eigenvalue weighted by molar-refractivity contribution is 0.226. The van der Waals surface area contributed by atoms with Crippen LogP contribution in [0.25, 0.3) is 0 Å². The summed E-state index contributed by atoms with van der Waals surface area (Å²) in [5.74, 6) is 2.05. The molecule has 1 atom stereocenters. The average Bonchev–Trinajstić information content (AvgIpc) is 2.21. The molecule has 0 aromatic heterocycles. The highest BCUT2D eigenvalue weighted by Gasteiger charge is 2.13. The van der Waals surface area contributed by atoms with Gasteiger partial charge in [-0.25, -0.2) is 0 Å². The smallest absolute Gasteiger partial charge is 0.133 e. The van der Waals surface area contributed by atoms with Crippen molar-refractivity contribution < 1.29 is 4.74 Å². The molecule has 16 heavy (non-hydrogen) atoms. The highest BCUT2D eigenvalue weighted by atomic mass is 79.9. The van der Waals surface area contributed by atoms with Crippen molar-refractivity contribution in [1.82, 2.24) is 0 Å². The van der Waals surface area contributed by atoms with Gasteiger partial charge in [0.1, 0.15) is 5.75 Å². The number of ether oxygens (including phenoxy) is 1. The van der Waals surface area contributed by atoms with E-state index in [-0.39, 0.29) is 0 Å². The molecule has 0 saturated carbocycles. The molecule has 0 fully saturated rings. The molecule has 1 aromatic rings. The molecule has 0 aliphatic carbocycles. The van der Waals surface area contributed by atoms with E-state index in [2.05, 4.69) is 61.6 Å². The van der Waals surface area contributed by atoms with Gasteiger partial charge in [0, 0.05) is 15.7 Å².